The smallest absolute Gasteiger partial charge is 0.152 e. The van der Waals surface area contributed by atoms with Gasteiger partial charge in [0.15, 0.2) is 6.29 Å². The summed E-state index contributed by atoms with van der Waals surface area (Å²) in [4.78, 5) is 15.7. The van der Waals surface area contributed by atoms with Crippen molar-refractivity contribution in [1.29, 1.82) is 0 Å². The molecule has 0 unspecified atom stereocenters. The zero-order valence-electron chi connectivity index (χ0n) is 10.7. The second-order valence-electron chi connectivity index (χ2n) is 4.72. The molecule has 3 heteroatoms. The number of aromatic nitrogens is 1. The van der Waals surface area contributed by atoms with Crippen LogP contribution in [-0.2, 0) is 0 Å². The number of carbonyl (C=O) groups excluding carboxylic acids is 1. The number of para-hydroxylation sites is 1. The van der Waals surface area contributed by atoms with E-state index in [9.17, 15) is 4.79 Å². The fourth-order valence-electron chi connectivity index (χ4n) is 1.71. The second-order valence-corrected chi connectivity index (χ2v) is 5.81. The summed E-state index contributed by atoms with van der Waals surface area (Å²) in [6.07, 6.45) is 2.04. The fraction of sp³-hybridized carbons (Fsp3) is 0.333. The Bertz CT molecular complexity index is 551. The first-order valence-electron chi connectivity index (χ1n) is 6.18. The molecule has 1 heterocycles. The topological polar surface area (TPSA) is 30.0 Å². The molecule has 0 fully saturated rings. The Morgan fingerprint density at radius 3 is 2.83 bits per heavy atom. The SMILES string of the molecule is CC(C)CCSc1nc2ccccc2cc1C=O. The molecule has 0 N–H and O–H groups in total. The number of rotatable bonds is 5. The summed E-state index contributed by atoms with van der Waals surface area (Å²) in [5, 5.41) is 1.87. The predicted molar refractivity (Wildman–Crippen MR) is 77.3 cm³/mol. The lowest BCUT2D eigenvalue weighted by Gasteiger charge is -2.07. The Kier molecular flexibility index (Phi) is 4.37. The van der Waals surface area contributed by atoms with Crippen LogP contribution >= 0.6 is 11.8 Å². The van der Waals surface area contributed by atoms with Gasteiger partial charge < -0.3 is 0 Å². The van der Waals surface area contributed by atoms with Crippen LogP contribution in [0, 0.1) is 5.92 Å². The van der Waals surface area contributed by atoms with Gasteiger partial charge in [0.05, 0.1) is 5.52 Å². The van der Waals surface area contributed by atoms with Crippen molar-refractivity contribution in [1.82, 2.24) is 4.98 Å². The number of pyridine rings is 1. The van der Waals surface area contributed by atoms with Gasteiger partial charge in [0.1, 0.15) is 5.03 Å². The van der Waals surface area contributed by atoms with Gasteiger partial charge in [0.2, 0.25) is 0 Å². The van der Waals surface area contributed by atoms with Crippen LogP contribution in [0.2, 0.25) is 0 Å². The Morgan fingerprint density at radius 1 is 1.33 bits per heavy atom. The summed E-state index contributed by atoms with van der Waals surface area (Å²) < 4.78 is 0. The van der Waals surface area contributed by atoms with E-state index >= 15 is 0 Å². The van der Waals surface area contributed by atoms with Crippen LogP contribution < -0.4 is 0 Å². The monoisotopic (exact) mass is 259 g/mol. The van der Waals surface area contributed by atoms with Crippen LogP contribution in [0.1, 0.15) is 30.6 Å². The van der Waals surface area contributed by atoms with Crippen LogP contribution in [0.4, 0.5) is 0 Å². The summed E-state index contributed by atoms with van der Waals surface area (Å²) in [6.45, 7) is 4.41. The molecule has 2 nitrogen and oxygen atoms in total. The average Bonchev–Trinajstić information content (AvgIpc) is 2.37. The van der Waals surface area contributed by atoms with E-state index in [4.69, 9.17) is 0 Å². The molecule has 1 aromatic carbocycles. The molecule has 0 aliphatic carbocycles. The average molecular weight is 259 g/mol. The van der Waals surface area contributed by atoms with Crippen LogP contribution in [0.25, 0.3) is 10.9 Å². The number of hydrogen-bond donors (Lipinski definition) is 0. The molecule has 2 aromatic rings. The summed E-state index contributed by atoms with van der Waals surface area (Å²) >= 11 is 1.67. The van der Waals surface area contributed by atoms with Gasteiger partial charge in [-0.1, -0.05) is 32.0 Å². The summed E-state index contributed by atoms with van der Waals surface area (Å²) in [6, 6.07) is 9.82. The molecule has 0 amide bonds. The molecule has 2 rings (SSSR count). The van der Waals surface area contributed by atoms with Crippen molar-refractivity contribution in [3.63, 3.8) is 0 Å². The third-order valence-electron chi connectivity index (χ3n) is 2.78. The van der Waals surface area contributed by atoms with Gasteiger partial charge in [0, 0.05) is 10.9 Å². The van der Waals surface area contributed by atoms with E-state index in [1.165, 1.54) is 0 Å². The molecule has 0 atom stereocenters. The molecular weight excluding hydrogens is 242 g/mol. The normalized spacial score (nSPS) is 11.1. The van der Waals surface area contributed by atoms with E-state index in [2.05, 4.69) is 18.8 Å². The number of aldehydes is 1. The first-order chi connectivity index (χ1) is 8.70. The van der Waals surface area contributed by atoms with Crippen LogP contribution in [0.15, 0.2) is 35.4 Å². The zero-order chi connectivity index (χ0) is 13.0. The lowest BCUT2D eigenvalue weighted by Crippen LogP contribution is -1.94. The van der Waals surface area contributed by atoms with Gasteiger partial charge >= 0.3 is 0 Å². The third-order valence-corrected chi connectivity index (χ3v) is 3.82. The molecule has 0 saturated heterocycles. The van der Waals surface area contributed by atoms with Crippen LogP contribution in [-0.4, -0.2) is 17.0 Å². The highest BCUT2D eigenvalue weighted by atomic mass is 32.2. The van der Waals surface area contributed by atoms with E-state index in [-0.39, 0.29) is 0 Å². The minimum absolute atomic E-state index is 0.678. The van der Waals surface area contributed by atoms with Crippen molar-refractivity contribution >= 4 is 29.0 Å². The molecule has 0 spiro atoms. The van der Waals surface area contributed by atoms with E-state index in [1.807, 2.05) is 30.3 Å². The number of thioether (sulfide) groups is 1. The molecule has 0 bridgehead atoms. The maximum absolute atomic E-state index is 11.1. The molecule has 1 aromatic heterocycles. The Balaban J connectivity index is 2.27. The lowest BCUT2D eigenvalue weighted by molar-refractivity contribution is 0.112. The van der Waals surface area contributed by atoms with Crippen LogP contribution in [0.3, 0.4) is 0 Å². The zero-order valence-corrected chi connectivity index (χ0v) is 11.5. The maximum Gasteiger partial charge on any atom is 0.152 e. The van der Waals surface area contributed by atoms with Gasteiger partial charge in [-0.05, 0) is 30.2 Å². The maximum atomic E-state index is 11.1. The van der Waals surface area contributed by atoms with Crippen molar-refractivity contribution in [3.8, 4) is 0 Å². The van der Waals surface area contributed by atoms with Crippen molar-refractivity contribution < 1.29 is 4.79 Å². The van der Waals surface area contributed by atoms with E-state index in [1.54, 1.807) is 11.8 Å². The largest absolute Gasteiger partial charge is 0.298 e. The Hall–Kier alpha value is -1.35. The first kappa shape index (κ1) is 13.1. The van der Waals surface area contributed by atoms with E-state index < -0.39 is 0 Å². The number of fused-ring (bicyclic) bond motifs is 1. The molecule has 0 radical (unpaired) electrons. The van der Waals surface area contributed by atoms with Crippen molar-refractivity contribution in [2.24, 2.45) is 5.92 Å². The number of carbonyl (C=O) groups is 1. The molecule has 0 aliphatic rings. The highest BCUT2D eigenvalue weighted by molar-refractivity contribution is 7.99. The highest BCUT2D eigenvalue weighted by Crippen LogP contribution is 2.25. The van der Waals surface area contributed by atoms with Crippen LogP contribution in [0.5, 0.6) is 0 Å². The summed E-state index contributed by atoms with van der Waals surface area (Å²) in [5.74, 6) is 1.68. The first-order valence-corrected chi connectivity index (χ1v) is 7.17. The molecular formula is C15H17NOS. The van der Waals surface area contributed by atoms with Crippen molar-refractivity contribution in [2.45, 2.75) is 25.3 Å². The van der Waals surface area contributed by atoms with E-state index in [0.717, 1.165) is 34.4 Å². The van der Waals surface area contributed by atoms with E-state index in [0.29, 0.717) is 11.5 Å². The summed E-state index contributed by atoms with van der Waals surface area (Å²) in [7, 11) is 0. The van der Waals surface area contributed by atoms with Gasteiger partial charge in [-0.3, -0.25) is 4.79 Å². The number of hydrogen-bond acceptors (Lipinski definition) is 3. The highest BCUT2D eigenvalue weighted by Gasteiger charge is 2.07. The predicted octanol–water partition coefficient (Wildman–Crippen LogP) is 4.19. The molecule has 18 heavy (non-hydrogen) atoms. The minimum Gasteiger partial charge on any atom is -0.298 e. The Labute approximate surface area is 112 Å². The van der Waals surface area contributed by atoms with Crippen molar-refractivity contribution in [3.05, 3.63) is 35.9 Å². The quantitative estimate of drug-likeness (QED) is 0.596. The molecule has 0 saturated carbocycles. The Morgan fingerprint density at radius 2 is 2.11 bits per heavy atom. The molecule has 0 aliphatic heterocycles. The number of nitrogens with zero attached hydrogens (tertiary/aromatic N) is 1. The van der Waals surface area contributed by atoms with Gasteiger partial charge in [-0.2, -0.15) is 0 Å². The van der Waals surface area contributed by atoms with Gasteiger partial charge in [-0.15, -0.1) is 11.8 Å². The lowest BCUT2D eigenvalue weighted by atomic mass is 10.2. The van der Waals surface area contributed by atoms with Gasteiger partial charge in [0.25, 0.3) is 0 Å². The molecule has 94 valence electrons. The second kappa shape index (κ2) is 6.01. The fourth-order valence-corrected chi connectivity index (χ4v) is 2.93. The van der Waals surface area contributed by atoms with Gasteiger partial charge in [-0.25, -0.2) is 4.98 Å². The van der Waals surface area contributed by atoms with Crippen molar-refractivity contribution in [2.75, 3.05) is 5.75 Å². The number of benzene rings is 1. The minimum atomic E-state index is 0.678. The summed E-state index contributed by atoms with van der Waals surface area (Å²) in [5.41, 5.74) is 1.65. The standard InChI is InChI=1S/C15H17NOS/c1-11(2)7-8-18-15-13(10-17)9-12-5-3-4-6-14(12)16-15/h3-6,9-11H,7-8H2,1-2H3. The third kappa shape index (κ3) is 3.10.